The third-order valence-electron chi connectivity index (χ3n) is 3.68. The molecule has 0 unspecified atom stereocenters. The quantitative estimate of drug-likeness (QED) is 0.671. The summed E-state index contributed by atoms with van der Waals surface area (Å²) in [6, 6.07) is 0. The van der Waals surface area contributed by atoms with Gasteiger partial charge in [-0.2, -0.15) is 0 Å². The number of hydrogen-bond donors (Lipinski definition) is 0. The Morgan fingerprint density at radius 2 is 2.00 bits per heavy atom. The average molecular weight is 212 g/mol. The molecule has 0 aliphatic heterocycles. The van der Waals surface area contributed by atoms with Crippen LogP contribution in [0.3, 0.4) is 0 Å². The molecule has 0 amide bonds. The molecular formula is C12H20O3. The zero-order chi connectivity index (χ0) is 11.6. The second kappa shape index (κ2) is 4.33. The lowest BCUT2D eigenvalue weighted by Gasteiger charge is -2.50. The fraction of sp³-hybridized carbons (Fsp3) is 0.833. The van der Waals surface area contributed by atoms with Crippen LogP contribution in [0.2, 0.25) is 0 Å². The first-order chi connectivity index (χ1) is 6.89. The van der Waals surface area contributed by atoms with Crippen molar-refractivity contribution in [3.8, 4) is 0 Å². The van der Waals surface area contributed by atoms with Gasteiger partial charge in [0.15, 0.2) is 0 Å². The molecule has 1 aliphatic rings. The largest absolute Gasteiger partial charge is 0.466 e. The molecule has 0 aromatic carbocycles. The minimum atomic E-state index is -0.141. The van der Waals surface area contributed by atoms with Gasteiger partial charge in [0.25, 0.3) is 0 Å². The van der Waals surface area contributed by atoms with Gasteiger partial charge in [0.2, 0.25) is 0 Å². The number of hydrogen-bond acceptors (Lipinski definition) is 3. The van der Waals surface area contributed by atoms with Crippen LogP contribution in [0.4, 0.5) is 0 Å². The van der Waals surface area contributed by atoms with Gasteiger partial charge in [0.05, 0.1) is 6.61 Å². The summed E-state index contributed by atoms with van der Waals surface area (Å²) in [4.78, 5) is 22.6. The van der Waals surface area contributed by atoms with E-state index >= 15 is 0 Å². The lowest BCUT2D eigenvalue weighted by Crippen LogP contribution is -2.49. The third kappa shape index (κ3) is 2.39. The highest BCUT2D eigenvalue weighted by atomic mass is 16.5. The maximum atomic E-state index is 11.3. The van der Waals surface area contributed by atoms with Gasteiger partial charge in [0.1, 0.15) is 5.78 Å². The molecule has 0 N–H and O–H groups in total. The lowest BCUT2D eigenvalue weighted by atomic mass is 9.53. The Morgan fingerprint density at radius 3 is 2.40 bits per heavy atom. The molecule has 15 heavy (non-hydrogen) atoms. The van der Waals surface area contributed by atoms with E-state index in [1.54, 1.807) is 6.92 Å². The zero-order valence-electron chi connectivity index (χ0n) is 10.0. The highest BCUT2D eigenvalue weighted by molar-refractivity contribution is 5.81. The number of esters is 1. The van der Waals surface area contributed by atoms with Crippen molar-refractivity contribution in [3.63, 3.8) is 0 Å². The first-order valence-electron chi connectivity index (χ1n) is 5.55. The van der Waals surface area contributed by atoms with Gasteiger partial charge in [0, 0.05) is 12.3 Å². The maximum Gasteiger partial charge on any atom is 0.306 e. The molecule has 0 heterocycles. The molecule has 1 aliphatic carbocycles. The summed E-state index contributed by atoms with van der Waals surface area (Å²) in [6.07, 6.45) is 1.28. The minimum absolute atomic E-state index is 0.0431. The van der Waals surface area contributed by atoms with Gasteiger partial charge in [-0.3, -0.25) is 9.59 Å². The van der Waals surface area contributed by atoms with Crippen LogP contribution in [-0.2, 0) is 14.3 Å². The van der Waals surface area contributed by atoms with Crippen LogP contribution in [0.25, 0.3) is 0 Å². The Balaban J connectivity index is 2.48. The van der Waals surface area contributed by atoms with Crippen LogP contribution in [-0.4, -0.2) is 18.4 Å². The van der Waals surface area contributed by atoms with E-state index in [1.807, 2.05) is 6.92 Å². The van der Waals surface area contributed by atoms with E-state index in [1.165, 1.54) is 0 Å². The van der Waals surface area contributed by atoms with Crippen molar-refractivity contribution >= 4 is 11.8 Å². The van der Waals surface area contributed by atoms with Gasteiger partial charge in [-0.15, -0.1) is 0 Å². The van der Waals surface area contributed by atoms with Crippen molar-refractivity contribution in [2.45, 2.75) is 40.5 Å². The van der Waals surface area contributed by atoms with Crippen molar-refractivity contribution in [2.24, 2.45) is 17.3 Å². The Hall–Kier alpha value is -0.860. The lowest BCUT2D eigenvalue weighted by molar-refractivity contribution is -0.153. The fourth-order valence-corrected chi connectivity index (χ4v) is 2.47. The molecule has 3 heteroatoms. The number of rotatable bonds is 4. The molecule has 3 nitrogen and oxygen atoms in total. The van der Waals surface area contributed by atoms with Crippen LogP contribution in [0.15, 0.2) is 0 Å². The van der Waals surface area contributed by atoms with Gasteiger partial charge >= 0.3 is 5.97 Å². The van der Waals surface area contributed by atoms with E-state index in [0.29, 0.717) is 18.9 Å². The van der Waals surface area contributed by atoms with E-state index in [9.17, 15) is 9.59 Å². The summed E-state index contributed by atoms with van der Waals surface area (Å²) < 4.78 is 4.91. The van der Waals surface area contributed by atoms with Crippen LogP contribution < -0.4 is 0 Å². The average Bonchev–Trinajstić information content (AvgIpc) is 2.11. The molecule has 0 aromatic heterocycles. The van der Waals surface area contributed by atoms with Gasteiger partial charge < -0.3 is 4.74 Å². The van der Waals surface area contributed by atoms with Crippen LogP contribution >= 0.6 is 0 Å². The molecule has 86 valence electrons. The second-order valence-electron chi connectivity index (χ2n) is 4.93. The monoisotopic (exact) mass is 212 g/mol. The van der Waals surface area contributed by atoms with Crippen molar-refractivity contribution in [1.29, 1.82) is 0 Å². The molecule has 0 saturated heterocycles. The molecule has 0 bridgehead atoms. The summed E-state index contributed by atoms with van der Waals surface area (Å²) in [6.45, 7) is 8.00. The van der Waals surface area contributed by atoms with E-state index in [0.717, 1.165) is 6.42 Å². The van der Waals surface area contributed by atoms with Crippen LogP contribution in [0.5, 0.6) is 0 Å². The normalized spacial score (nSPS) is 28.0. The number of ether oxygens (including phenoxy) is 1. The summed E-state index contributed by atoms with van der Waals surface area (Å²) in [5.41, 5.74) is -0.0431. The zero-order valence-corrected chi connectivity index (χ0v) is 10.0. The molecule has 1 rings (SSSR count). The van der Waals surface area contributed by atoms with Crippen LogP contribution in [0, 0.1) is 17.3 Å². The number of Topliss-reactive ketones (excluding diaryl/α,β-unsaturated/α-hetero) is 1. The molecule has 0 spiro atoms. The smallest absolute Gasteiger partial charge is 0.306 e. The fourth-order valence-electron chi connectivity index (χ4n) is 2.47. The molecule has 1 fully saturated rings. The minimum Gasteiger partial charge on any atom is -0.466 e. The molecule has 0 aromatic rings. The molecular weight excluding hydrogens is 192 g/mol. The molecule has 1 saturated carbocycles. The maximum absolute atomic E-state index is 11.3. The van der Waals surface area contributed by atoms with Crippen LogP contribution in [0.1, 0.15) is 40.5 Å². The van der Waals surface area contributed by atoms with Gasteiger partial charge in [-0.05, 0) is 31.6 Å². The predicted molar refractivity (Wildman–Crippen MR) is 57.3 cm³/mol. The van der Waals surface area contributed by atoms with Gasteiger partial charge in [-0.1, -0.05) is 13.8 Å². The van der Waals surface area contributed by atoms with Crippen molar-refractivity contribution in [3.05, 3.63) is 0 Å². The number of carbonyl (C=O) groups is 2. The first-order valence-corrected chi connectivity index (χ1v) is 5.55. The Morgan fingerprint density at radius 1 is 1.40 bits per heavy atom. The van der Waals surface area contributed by atoms with Crippen molar-refractivity contribution in [2.75, 3.05) is 6.61 Å². The SMILES string of the molecule is CCOC(=O)C[C@H]1C[C@H](C(C)=O)C1(C)C. The van der Waals surface area contributed by atoms with E-state index < -0.39 is 0 Å². The topological polar surface area (TPSA) is 43.4 Å². The van der Waals surface area contributed by atoms with E-state index in [-0.39, 0.29) is 23.1 Å². The number of carbonyl (C=O) groups excluding carboxylic acids is 2. The highest BCUT2D eigenvalue weighted by Crippen LogP contribution is 2.53. The standard InChI is InChI=1S/C12H20O3/c1-5-15-11(14)7-9-6-10(8(2)13)12(9,3)4/h9-10H,5-7H2,1-4H3/t9-,10-/m1/s1. The summed E-state index contributed by atoms with van der Waals surface area (Å²) in [5.74, 6) is 0.514. The Bertz CT molecular complexity index is 268. The summed E-state index contributed by atoms with van der Waals surface area (Å²) in [7, 11) is 0. The Kier molecular flexibility index (Phi) is 3.53. The number of ketones is 1. The van der Waals surface area contributed by atoms with E-state index in [4.69, 9.17) is 4.74 Å². The predicted octanol–water partition coefficient (Wildman–Crippen LogP) is 2.19. The second-order valence-corrected chi connectivity index (χ2v) is 4.93. The molecule has 2 atom stereocenters. The summed E-state index contributed by atoms with van der Waals surface area (Å²) >= 11 is 0. The third-order valence-corrected chi connectivity index (χ3v) is 3.68. The van der Waals surface area contributed by atoms with Gasteiger partial charge in [-0.25, -0.2) is 0 Å². The van der Waals surface area contributed by atoms with Crippen molar-refractivity contribution < 1.29 is 14.3 Å². The molecule has 0 radical (unpaired) electrons. The van der Waals surface area contributed by atoms with Crippen molar-refractivity contribution in [1.82, 2.24) is 0 Å². The Labute approximate surface area is 91.2 Å². The van der Waals surface area contributed by atoms with E-state index in [2.05, 4.69) is 13.8 Å². The highest BCUT2D eigenvalue weighted by Gasteiger charge is 2.50. The summed E-state index contributed by atoms with van der Waals surface area (Å²) in [5, 5.41) is 0. The first kappa shape index (κ1) is 12.2.